The molecule has 19 heavy (non-hydrogen) atoms. The molecule has 2 saturated heterocycles. The van der Waals surface area contributed by atoms with Crippen molar-refractivity contribution in [2.45, 2.75) is 37.7 Å². The first kappa shape index (κ1) is 12.4. The molecule has 2 aliphatic rings. The van der Waals surface area contributed by atoms with Gasteiger partial charge in [-0.3, -0.25) is 4.98 Å². The molecule has 0 amide bonds. The summed E-state index contributed by atoms with van der Waals surface area (Å²) < 4.78 is 6.06. The number of rotatable bonds is 1. The lowest BCUT2D eigenvalue weighted by molar-refractivity contribution is -0.0847. The van der Waals surface area contributed by atoms with Gasteiger partial charge in [-0.15, -0.1) is 0 Å². The maximum atomic E-state index is 8.91. The molecule has 5 heteroatoms. The van der Waals surface area contributed by atoms with Crippen molar-refractivity contribution in [1.82, 2.24) is 9.97 Å². The smallest absolute Gasteiger partial charge is 0.161 e. The number of anilines is 1. The standard InChI is InChI=1S/C14H18N4O/c15-8-12-9-16-10-13(17-12)18-6-3-5-14(11-18)4-1-2-7-19-14/h9-10H,1-7,11H2/t14-/m1/s1. The molecule has 2 fully saturated rings. The molecule has 0 bridgehead atoms. The van der Waals surface area contributed by atoms with E-state index in [-0.39, 0.29) is 5.60 Å². The third kappa shape index (κ3) is 2.54. The van der Waals surface area contributed by atoms with E-state index in [2.05, 4.69) is 14.9 Å². The predicted molar refractivity (Wildman–Crippen MR) is 70.7 cm³/mol. The quantitative estimate of drug-likeness (QED) is 0.769. The van der Waals surface area contributed by atoms with Crippen LogP contribution >= 0.6 is 0 Å². The summed E-state index contributed by atoms with van der Waals surface area (Å²) in [4.78, 5) is 10.6. The van der Waals surface area contributed by atoms with Crippen LogP contribution in [0.4, 0.5) is 5.82 Å². The van der Waals surface area contributed by atoms with Crippen molar-refractivity contribution in [3.8, 4) is 6.07 Å². The topological polar surface area (TPSA) is 62.0 Å². The van der Waals surface area contributed by atoms with Gasteiger partial charge < -0.3 is 9.64 Å². The number of hydrogen-bond acceptors (Lipinski definition) is 5. The molecule has 0 N–H and O–H groups in total. The largest absolute Gasteiger partial charge is 0.373 e. The van der Waals surface area contributed by atoms with E-state index in [0.717, 1.165) is 44.8 Å². The minimum atomic E-state index is 0.000821. The van der Waals surface area contributed by atoms with Crippen LogP contribution in [-0.2, 0) is 4.74 Å². The van der Waals surface area contributed by atoms with Crippen molar-refractivity contribution in [2.75, 3.05) is 24.6 Å². The second-order valence-electron chi connectivity index (χ2n) is 5.39. The van der Waals surface area contributed by atoms with Gasteiger partial charge >= 0.3 is 0 Å². The normalized spacial score (nSPS) is 27.2. The van der Waals surface area contributed by atoms with Crippen LogP contribution in [0.2, 0.25) is 0 Å². The molecule has 100 valence electrons. The summed E-state index contributed by atoms with van der Waals surface area (Å²) in [5, 5.41) is 8.91. The van der Waals surface area contributed by atoms with Gasteiger partial charge in [0.2, 0.25) is 0 Å². The Morgan fingerprint density at radius 1 is 1.26 bits per heavy atom. The van der Waals surface area contributed by atoms with Crippen molar-refractivity contribution in [1.29, 1.82) is 5.26 Å². The third-order valence-electron chi connectivity index (χ3n) is 4.03. The highest BCUT2D eigenvalue weighted by Gasteiger charge is 2.38. The number of ether oxygens (including phenoxy) is 1. The van der Waals surface area contributed by atoms with Crippen LogP contribution in [-0.4, -0.2) is 35.3 Å². The lowest BCUT2D eigenvalue weighted by Gasteiger charge is -2.45. The van der Waals surface area contributed by atoms with Crippen molar-refractivity contribution < 1.29 is 4.74 Å². The van der Waals surface area contributed by atoms with Gasteiger partial charge in [0.25, 0.3) is 0 Å². The number of nitriles is 1. The fraction of sp³-hybridized carbons (Fsp3) is 0.643. The van der Waals surface area contributed by atoms with E-state index < -0.39 is 0 Å². The van der Waals surface area contributed by atoms with E-state index in [1.807, 2.05) is 6.07 Å². The van der Waals surface area contributed by atoms with Crippen molar-refractivity contribution in [2.24, 2.45) is 0 Å². The zero-order valence-corrected chi connectivity index (χ0v) is 11.0. The molecule has 2 aliphatic heterocycles. The molecule has 1 spiro atoms. The second kappa shape index (κ2) is 5.14. The zero-order chi connectivity index (χ0) is 13.1. The van der Waals surface area contributed by atoms with Crippen LogP contribution in [0.15, 0.2) is 12.4 Å². The molecule has 1 aromatic rings. The summed E-state index contributed by atoms with van der Waals surface area (Å²) in [5.74, 6) is 0.798. The Labute approximate surface area is 113 Å². The Balaban J connectivity index is 1.79. The van der Waals surface area contributed by atoms with Crippen molar-refractivity contribution in [3.05, 3.63) is 18.1 Å². The fourth-order valence-corrected chi connectivity index (χ4v) is 3.09. The number of piperidine rings is 1. The minimum Gasteiger partial charge on any atom is -0.373 e. The SMILES string of the molecule is N#Cc1cncc(N2CCC[C@]3(CCCCO3)C2)n1. The average Bonchev–Trinajstić information content (AvgIpc) is 2.48. The zero-order valence-electron chi connectivity index (χ0n) is 11.0. The van der Waals surface area contributed by atoms with Gasteiger partial charge in [0.05, 0.1) is 18.0 Å². The molecule has 3 rings (SSSR count). The maximum absolute atomic E-state index is 8.91. The maximum Gasteiger partial charge on any atom is 0.161 e. The Morgan fingerprint density at radius 3 is 2.95 bits per heavy atom. The minimum absolute atomic E-state index is 0.000821. The van der Waals surface area contributed by atoms with E-state index >= 15 is 0 Å². The number of nitrogens with zero attached hydrogens (tertiary/aromatic N) is 4. The monoisotopic (exact) mass is 258 g/mol. The molecule has 3 heterocycles. The summed E-state index contributed by atoms with van der Waals surface area (Å²) in [6.07, 6.45) is 9.04. The van der Waals surface area contributed by atoms with Crippen molar-refractivity contribution in [3.63, 3.8) is 0 Å². The van der Waals surface area contributed by atoms with Gasteiger partial charge in [0, 0.05) is 19.7 Å². The highest BCUT2D eigenvalue weighted by atomic mass is 16.5. The summed E-state index contributed by atoms with van der Waals surface area (Å²) in [5.41, 5.74) is 0.377. The van der Waals surface area contributed by atoms with Crippen molar-refractivity contribution >= 4 is 5.82 Å². The molecule has 0 aliphatic carbocycles. The lowest BCUT2D eigenvalue weighted by atomic mass is 9.86. The van der Waals surface area contributed by atoms with E-state index in [1.54, 1.807) is 6.20 Å². The fourth-order valence-electron chi connectivity index (χ4n) is 3.09. The third-order valence-corrected chi connectivity index (χ3v) is 4.03. The first-order valence-corrected chi connectivity index (χ1v) is 6.92. The van der Waals surface area contributed by atoms with E-state index in [1.165, 1.54) is 19.0 Å². The molecular formula is C14H18N4O. The van der Waals surface area contributed by atoms with E-state index in [0.29, 0.717) is 5.69 Å². The Kier molecular flexibility index (Phi) is 3.34. The van der Waals surface area contributed by atoms with Gasteiger partial charge in [-0.25, -0.2) is 4.98 Å². The van der Waals surface area contributed by atoms with Gasteiger partial charge in [-0.1, -0.05) is 0 Å². The summed E-state index contributed by atoms with van der Waals surface area (Å²) in [6, 6.07) is 2.05. The lowest BCUT2D eigenvalue weighted by Crippen LogP contribution is -2.51. The summed E-state index contributed by atoms with van der Waals surface area (Å²) >= 11 is 0. The second-order valence-corrected chi connectivity index (χ2v) is 5.39. The molecule has 0 aromatic carbocycles. The van der Waals surface area contributed by atoms with Crippen LogP contribution < -0.4 is 4.90 Å². The van der Waals surface area contributed by atoms with Crippen LogP contribution in [0.1, 0.15) is 37.8 Å². The van der Waals surface area contributed by atoms with Gasteiger partial charge in [-0.2, -0.15) is 5.26 Å². The molecule has 0 radical (unpaired) electrons. The molecule has 1 atom stereocenters. The number of hydrogen-bond donors (Lipinski definition) is 0. The van der Waals surface area contributed by atoms with Crippen LogP contribution in [0.25, 0.3) is 0 Å². The number of aromatic nitrogens is 2. The van der Waals surface area contributed by atoms with Gasteiger partial charge in [-0.05, 0) is 32.1 Å². The Hall–Kier alpha value is -1.67. The molecule has 0 unspecified atom stereocenters. The molecule has 5 nitrogen and oxygen atoms in total. The van der Waals surface area contributed by atoms with Crippen LogP contribution in [0, 0.1) is 11.3 Å². The first-order chi connectivity index (χ1) is 9.31. The Bertz CT molecular complexity index is 485. The summed E-state index contributed by atoms with van der Waals surface area (Å²) in [6.45, 7) is 2.71. The molecular weight excluding hydrogens is 240 g/mol. The average molecular weight is 258 g/mol. The predicted octanol–water partition coefficient (Wildman–Crippen LogP) is 1.89. The van der Waals surface area contributed by atoms with E-state index in [4.69, 9.17) is 10.00 Å². The molecule has 1 aromatic heterocycles. The first-order valence-electron chi connectivity index (χ1n) is 6.92. The van der Waals surface area contributed by atoms with Gasteiger partial charge in [0.15, 0.2) is 5.69 Å². The highest BCUT2D eigenvalue weighted by Crippen LogP contribution is 2.34. The van der Waals surface area contributed by atoms with Crippen LogP contribution in [0.3, 0.4) is 0 Å². The Morgan fingerprint density at radius 2 is 2.16 bits per heavy atom. The highest BCUT2D eigenvalue weighted by molar-refractivity contribution is 5.39. The van der Waals surface area contributed by atoms with Gasteiger partial charge in [0.1, 0.15) is 11.9 Å². The van der Waals surface area contributed by atoms with E-state index in [9.17, 15) is 0 Å². The molecule has 0 saturated carbocycles. The van der Waals surface area contributed by atoms with Crippen LogP contribution in [0.5, 0.6) is 0 Å². The summed E-state index contributed by atoms with van der Waals surface area (Å²) in [7, 11) is 0.